The first-order valence-electron chi connectivity index (χ1n) is 6.51. The summed E-state index contributed by atoms with van der Waals surface area (Å²) in [5.74, 6) is -0.453. The van der Waals surface area contributed by atoms with Crippen molar-refractivity contribution < 1.29 is 9.90 Å². The van der Waals surface area contributed by atoms with Crippen molar-refractivity contribution in [2.45, 2.75) is 32.6 Å². The van der Waals surface area contributed by atoms with Crippen LogP contribution in [0.5, 0.6) is 0 Å². The number of carboxylic acid groups (broad SMARTS) is 1. The molecule has 5 heteroatoms. The van der Waals surface area contributed by atoms with E-state index in [1.165, 1.54) is 4.88 Å². The van der Waals surface area contributed by atoms with Crippen LogP contribution < -0.4 is 5.32 Å². The molecular formula is C13H20N2O2S. The highest BCUT2D eigenvalue weighted by Crippen LogP contribution is 2.31. The molecule has 0 bridgehead atoms. The van der Waals surface area contributed by atoms with Gasteiger partial charge in [-0.05, 0) is 38.6 Å². The zero-order valence-electron chi connectivity index (χ0n) is 10.7. The Morgan fingerprint density at radius 1 is 1.61 bits per heavy atom. The van der Waals surface area contributed by atoms with Crippen LogP contribution in [0.1, 0.15) is 29.8 Å². The molecule has 0 amide bonds. The Bertz CT molecular complexity index is 405. The average Bonchev–Trinajstić information content (AvgIpc) is 2.94. The van der Waals surface area contributed by atoms with Gasteiger partial charge in [0.05, 0.1) is 17.1 Å². The summed E-state index contributed by atoms with van der Waals surface area (Å²) in [6.07, 6.45) is 3.93. The number of aryl methyl sites for hydroxylation is 1. The molecule has 1 aliphatic rings. The number of nitrogens with one attached hydrogen (secondary N) is 1. The van der Waals surface area contributed by atoms with Gasteiger partial charge in [-0.1, -0.05) is 6.42 Å². The van der Waals surface area contributed by atoms with Gasteiger partial charge in [0.1, 0.15) is 0 Å². The van der Waals surface area contributed by atoms with Crippen LogP contribution in [0.15, 0.2) is 5.51 Å². The summed E-state index contributed by atoms with van der Waals surface area (Å²) in [7, 11) is 0. The fraction of sp³-hybridized carbons (Fsp3) is 0.692. The van der Waals surface area contributed by atoms with Gasteiger partial charge in [0.2, 0.25) is 0 Å². The third-order valence-corrected chi connectivity index (χ3v) is 4.75. The molecule has 4 nitrogen and oxygen atoms in total. The molecule has 1 aromatic heterocycles. The third-order valence-electron chi connectivity index (χ3n) is 3.76. The van der Waals surface area contributed by atoms with Crippen molar-refractivity contribution >= 4 is 17.3 Å². The highest BCUT2D eigenvalue weighted by molar-refractivity contribution is 7.09. The van der Waals surface area contributed by atoms with Crippen molar-refractivity contribution in [1.82, 2.24) is 10.3 Å². The lowest BCUT2D eigenvalue weighted by atomic mass is 9.96. The number of hydrogen-bond acceptors (Lipinski definition) is 4. The Labute approximate surface area is 111 Å². The molecule has 2 unspecified atom stereocenters. The molecule has 0 radical (unpaired) electrons. The van der Waals surface area contributed by atoms with Gasteiger partial charge in [0.15, 0.2) is 0 Å². The number of aliphatic carboxylic acids is 1. The monoisotopic (exact) mass is 268 g/mol. The molecule has 2 N–H and O–H groups in total. The highest BCUT2D eigenvalue weighted by Gasteiger charge is 2.32. The normalized spacial score (nSPS) is 23.4. The second kappa shape index (κ2) is 6.29. The van der Waals surface area contributed by atoms with Crippen molar-refractivity contribution in [2.24, 2.45) is 11.8 Å². The summed E-state index contributed by atoms with van der Waals surface area (Å²) in [6.45, 7) is 3.77. The van der Waals surface area contributed by atoms with Gasteiger partial charge >= 0.3 is 5.97 Å². The van der Waals surface area contributed by atoms with Gasteiger partial charge < -0.3 is 10.4 Å². The summed E-state index contributed by atoms with van der Waals surface area (Å²) in [5, 5.41) is 12.5. The topological polar surface area (TPSA) is 62.2 Å². The van der Waals surface area contributed by atoms with Gasteiger partial charge in [-0.2, -0.15) is 0 Å². The van der Waals surface area contributed by atoms with E-state index in [4.69, 9.17) is 5.11 Å². The van der Waals surface area contributed by atoms with Crippen molar-refractivity contribution in [3.63, 3.8) is 0 Å². The minimum absolute atomic E-state index is 0.136. The van der Waals surface area contributed by atoms with Crippen LogP contribution in [-0.2, 0) is 11.2 Å². The van der Waals surface area contributed by atoms with Crippen LogP contribution in [-0.4, -0.2) is 29.1 Å². The Balaban J connectivity index is 1.69. The van der Waals surface area contributed by atoms with Gasteiger partial charge in [-0.25, -0.2) is 4.98 Å². The molecule has 2 rings (SSSR count). The summed E-state index contributed by atoms with van der Waals surface area (Å²) in [5.41, 5.74) is 2.99. The molecule has 1 saturated carbocycles. The maximum absolute atomic E-state index is 11.0. The zero-order valence-corrected chi connectivity index (χ0v) is 11.5. The number of aromatic nitrogens is 1. The number of rotatable bonds is 6. The Morgan fingerprint density at radius 3 is 3.11 bits per heavy atom. The van der Waals surface area contributed by atoms with Gasteiger partial charge in [0, 0.05) is 11.4 Å². The Morgan fingerprint density at radius 2 is 2.44 bits per heavy atom. The van der Waals surface area contributed by atoms with Crippen LogP contribution >= 0.6 is 11.3 Å². The minimum atomic E-state index is -0.627. The van der Waals surface area contributed by atoms with E-state index in [0.717, 1.165) is 44.5 Å². The summed E-state index contributed by atoms with van der Waals surface area (Å²) in [6, 6.07) is 0. The van der Waals surface area contributed by atoms with Crippen molar-refractivity contribution in [3.8, 4) is 0 Å². The molecule has 1 aromatic rings. The molecule has 1 aliphatic carbocycles. The minimum Gasteiger partial charge on any atom is -0.481 e. The van der Waals surface area contributed by atoms with E-state index in [9.17, 15) is 4.79 Å². The van der Waals surface area contributed by atoms with Crippen molar-refractivity contribution in [2.75, 3.05) is 13.1 Å². The largest absolute Gasteiger partial charge is 0.481 e. The number of thiazole rings is 1. The molecule has 18 heavy (non-hydrogen) atoms. The molecule has 100 valence electrons. The first kappa shape index (κ1) is 13.5. The van der Waals surface area contributed by atoms with Gasteiger partial charge in [-0.15, -0.1) is 11.3 Å². The van der Waals surface area contributed by atoms with Crippen LogP contribution in [0, 0.1) is 18.8 Å². The van der Waals surface area contributed by atoms with Gasteiger partial charge in [-0.3, -0.25) is 4.79 Å². The molecular weight excluding hydrogens is 248 g/mol. The molecule has 0 saturated heterocycles. The quantitative estimate of drug-likeness (QED) is 0.775. The van der Waals surface area contributed by atoms with E-state index >= 15 is 0 Å². The summed E-state index contributed by atoms with van der Waals surface area (Å²) >= 11 is 1.69. The standard InChI is InChI=1S/C13H20N2O2S/c1-9-12(18-8-15-9)5-6-14-7-10-3-2-4-11(10)13(16)17/h8,10-11,14H,2-7H2,1H3,(H,16,17). The molecule has 0 aromatic carbocycles. The predicted molar refractivity (Wildman–Crippen MR) is 71.9 cm³/mol. The van der Waals surface area contributed by atoms with Crippen molar-refractivity contribution in [3.05, 3.63) is 16.1 Å². The van der Waals surface area contributed by atoms with E-state index in [-0.39, 0.29) is 5.92 Å². The summed E-state index contributed by atoms with van der Waals surface area (Å²) < 4.78 is 0. The summed E-state index contributed by atoms with van der Waals surface area (Å²) in [4.78, 5) is 16.6. The molecule has 2 atom stereocenters. The fourth-order valence-electron chi connectivity index (χ4n) is 2.66. The van der Waals surface area contributed by atoms with Crippen molar-refractivity contribution in [1.29, 1.82) is 0 Å². The lowest BCUT2D eigenvalue weighted by molar-refractivity contribution is -0.142. The van der Waals surface area contributed by atoms with E-state index in [2.05, 4.69) is 10.3 Å². The highest BCUT2D eigenvalue weighted by atomic mass is 32.1. The lowest BCUT2D eigenvalue weighted by Gasteiger charge is -2.16. The smallest absolute Gasteiger partial charge is 0.306 e. The number of carboxylic acids is 1. The fourth-order valence-corrected chi connectivity index (χ4v) is 3.44. The molecule has 0 aliphatic heterocycles. The van der Waals surface area contributed by atoms with Crippen LogP contribution in [0.3, 0.4) is 0 Å². The van der Waals surface area contributed by atoms with Crippen LogP contribution in [0.4, 0.5) is 0 Å². The van der Waals surface area contributed by atoms with Crippen LogP contribution in [0.25, 0.3) is 0 Å². The van der Waals surface area contributed by atoms with E-state index in [1.54, 1.807) is 11.3 Å². The van der Waals surface area contributed by atoms with E-state index in [1.807, 2.05) is 12.4 Å². The number of nitrogens with zero attached hydrogens (tertiary/aromatic N) is 1. The van der Waals surface area contributed by atoms with E-state index < -0.39 is 5.97 Å². The second-order valence-electron chi connectivity index (χ2n) is 4.95. The third kappa shape index (κ3) is 3.29. The molecule has 0 spiro atoms. The lowest BCUT2D eigenvalue weighted by Crippen LogP contribution is -2.30. The number of carbonyl (C=O) groups is 1. The maximum Gasteiger partial charge on any atom is 0.306 e. The van der Waals surface area contributed by atoms with Gasteiger partial charge in [0.25, 0.3) is 0 Å². The SMILES string of the molecule is Cc1ncsc1CCNCC1CCCC1C(=O)O. The van der Waals surface area contributed by atoms with E-state index in [0.29, 0.717) is 5.92 Å². The predicted octanol–water partition coefficient (Wildman–Crippen LogP) is 2.08. The molecule has 1 heterocycles. The zero-order chi connectivity index (χ0) is 13.0. The average molecular weight is 268 g/mol. The van der Waals surface area contributed by atoms with Crippen LogP contribution in [0.2, 0.25) is 0 Å². The Hall–Kier alpha value is -0.940. The first-order valence-corrected chi connectivity index (χ1v) is 7.39. The Kier molecular flexibility index (Phi) is 4.72. The number of hydrogen-bond donors (Lipinski definition) is 2. The first-order chi connectivity index (χ1) is 8.68. The maximum atomic E-state index is 11.0. The second-order valence-corrected chi connectivity index (χ2v) is 5.89. The molecule has 1 fully saturated rings.